The number of hydrogen-bond acceptors (Lipinski definition) is 6. The van der Waals surface area contributed by atoms with Crippen LogP contribution in [0.5, 0.6) is 0 Å². The lowest BCUT2D eigenvalue weighted by molar-refractivity contribution is 0.189. The summed E-state index contributed by atoms with van der Waals surface area (Å²) in [6.45, 7) is 1.31. The molecule has 1 aliphatic heterocycles. The molecule has 0 bridgehead atoms. The molecule has 0 unspecified atom stereocenters. The van der Waals surface area contributed by atoms with Crippen LogP contribution in [0, 0.1) is 17.7 Å². The fourth-order valence-electron chi connectivity index (χ4n) is 3.21. The molecule has 6 nitrogen and oxygen atoms in total. The van der Waals surface area contributed by atoms with Crippen LogP contribution in [0.3, 0.4) is 0 Å². The van der Waals surface area contributed by atoms with Gasteiger partial charge < -0.3 is 15.4 Å². The Kier molecular flexibility index (Phi) is 3.98. The van der Waals surface area contributed by atoms with E-state index in [-0.39, 0.29) is 5.82 Å². The third kappa shape index (κ3) is 3.18. The maximum atomic E-state index is 14.3. The van der Waals surface area contributed by atoms with E-state index in [2.05, 4.69) is 25.6 Å². The lowest BCUT2D eigenvalue weighted by Crippen LogP contribution is -2.05. The maximum Gasteiger partial charge on any atom is 0.212 e. The third-order valence-corrected chi connectivity index (χ3v) is 4.68. The number of rotatable bonds is 5. The van der Waals surface area contributed by atoms with Crippen molar-refractivity contribution in [2.75, 3.05) is 23.8 Å². The first kappa shape index (κ1) is 16.8. The standard InChI is InChI=1S/C20H15F2N5O/c21-15-4-2-1-3-12(15)20-26-17(24-11-5-6-16(22)23-8-11)7-18(27-20)25-19-13-9-28-10-14(13)19/h1-8,13H,9-10H2,(H2,24,25,26,27)/t13-/m1/s1. The normalized spacial score (nSPS) is 17.4. The zero-order valence-corrected chi connectivity index (χ0v) is 14.6. The summed E-state index contributed by atoms with van der Waals surface area (Å²) >= 11 is 0. The Balaban J connectivity index is 1.51. The van der Waals surface area contributed by atoms with Crippen LogP contribution >= 0.6 is 0 Å². The topological polar surface area (TPSA) is 72.0 Å². The molecule has 0 radical (unpaired) electrons. The van der Waals surface area contributed by atoms with Crippen LogP contribution < -0.4 is 10.6 Å². The van der Waals surface area contributed by atoms with Gasteiger partial charge in [0, 0.05) is 17.7 Å². The van der Waals surface area contributed by atoms with Crippen molar-refractivity contribution in [1.82, 2.24) is 15.0 Å². The monoisotopic (exact) mass is 379 g/mol. The average molecular weight is 379 g/mol. The predicted molar refractivity (Wildman–Crippen MR) is 99.9 cm³/mol. The zero-order valence-electron chi connectivity index (χ0n) is 14.6. The van der Waals surface area contributed by atoms with E-state index >= 15 is 0 Å². The van der Waals surface area contributed by atoms with Crippen LogP contribution in [-0.2, 0) is 4.74 Å². The Morgan fingerprint density at radius 1 is 1.00 bits per heavy atom. The van der Waals surface area contributed by atoms with Gasteiger partial charge in [0.25, 0.3) is 0 Å². The fourth-order valence-corrected chi connectivity index (χ4v) is 3.21. The summed E-state index contributed by atoms with van der Waals surface area (Å²) < 4.78 is 32.7. The van der Waals surface area contributed by atoms with Gasteiger partial charge in [0.05, 0.1) is 30.7 Å². The molecule has 1 saturated heterocycles. The molecule has 0 amide bonds. The van der Waals surface area contributed by atoms with Crippen molar-refractivity contribution >= 4 is 17.3 Å². The molecule has 2 aromatic heterocycles. The summed E-state index contributed by atoms with van der Waals surface area (Å²) in [6.07, 6.45) is 1.36. The molecule has 1 fully saturated rings. The highest BCUT2D eigenvalue weighted by Gasteiger charge is 2.41. The molecule has 1 aliphatic carbocycles. The van der Waals surface area contributed by atoms with Gasteiger partial charge in [-0.1, -0.05) is 12.1 Å². The van der Waals surface area contributed by atoms with E-state index in [1.165, 1.54) is 23.9 Å². The summed E-state index contributed by atoms with van der Waals surface area (Å²) in [5.41, 5.74) is 3.19. The molecule has 8 heteroatoms. The van der Waals surface area contributed by atoms with E-state index in [0.717, 1.165) is 5.70 Å². The smallest absolute Gasteiger partial charge is 0.212 e. The summed E-state index contributed by atoms with van der Waals surface area (Å²) in [5.74, 6) is 0.573. The second-order valence-electron chi connectivity index (χ2n) is 6.57. The number of nitrogens with zero attached hydrogens (tertiary/aromatic N) is 3. The highest BCUT2D eigenvalue weighted by Crippen LogP contribution is 2.44. The lowest BCUT2D eigenvalue weighted by atomic mass is 10.2. The first-order valence-corrected chi connectivity index (χ1v) is 8.77. The Labute approximate surface area is 159 Å². The summed E-state index contributed by atoms with van der Waals surface area (Å²) in [6, 6.07) is 10.8. The van der Waals surface area contributed by atoms with E-state index in [1.807, 2.05) is 0 Å². The van der Waals surface area contributed by atoms with Crippen LogP contribution in [0.1, 0.15) is 0 Å². The number of aromatic nitrogens is 3. The van der Waals surface area contributed by atoms with Crippen LogP contribution in [0.15, 0.2) is 59.9 Å². The Hall–Kier alpha value is -3.39. The number of hydrogen-bond donors (Lipinski definition) is 2. The van der Waals surface area contributed by atoms with E-state index < -0.39 is 11.8 Å². The molecule has 140 valence electrons. The number of ether oxygens (including phenoxy) is 1. The quantitative estimate of drug-likeness (QED) is 0.656. The van der Waals surface area contributed by atoms with E-state index in [1.54, 1.807) is 30.3 Å². The Bertz CT molecular complexity index is 1080. The largest absolute Gasteiger partial charge is 0.376 e. The second kappa shape index (κ2) is 6.65. The molecule has 2 N–H and O–H groups in total. The van der Waals surface area contributed by atoms with Crippen molar-refractivity contribution < 1.29 is 13.5 Å². The summed E-state index contributed by atoms with van der Waals surface area (Å²) in [4.78, 5) is 12.5. The van der Waals surface area contributed by atoms with Crippen molar-refractivity contribution in [3.05, 3.63) is 71.7 Å². The predicted octanol–water partition coefficient (Wildman–Crippen LogP) is 3.89. The molecule has 1 aromatic carbocycles. The molecular weight excluding hydrogens is 364 g/mol. The minimum absolute atomic E-state index is 0.244. The van der Waals surface area contributed by atoms with Crippen molar-refractivity contribution in [1.29, 1.82) is 0 Å². The first-order valence-electron chi connectivity index (χ1n) is 8.77. The van der Waals surface area contributed by atoms with Gasteiger partial charge in [-0.25, -0.2) is 19.3 Å². The Morgan fingerprint density at radius 2 is 1.82 bits per heavy atom. The molecule has 28 heavy (non-hydrogen) atoms. The van der Waals surface area contributed by atoms with Gasteiger partial charge in [-0.15, -0.1) is 0 Å². The minimum atomic E-state index is -0.571. The first-order chi connectivity index (χ1) is 13.7. The fraction of sp³-hybridized carbons (Fsp3) is 0.150. The molecule has 2 aliphatic rings. The van der Waals surface area contributed by atoms with E-state index in [9.17, 15) is 8.78 Å². The molecule has 0 saturated carbocycles. The highest BCUT2D eigenvalue weighted by molar-refractivity contribution is 5.67. The molecule has 5 rings (SSSR count). The van der Waals surface area contributed by atoms with Gasteiger partial charge in [0.2, 0.25) is 5.95 Å². The van der Waals surface area contributed by atoms with Crippen LogP contribution in [0.4, 0.5) is 26.1 Å². The third-order valence-electron chi connectivity index (χ3n) is 4.68. The highest BCUT2D eigenvalue weighted by atomic mass is 19.1. The number of fused-ring (bicyclic) bond motifs is 1. The van der Waals surface area contributed by atoms with Crippen LogP contribution in [-0.4, -0.2) is 28.2 Å². The average Bonchev–Trinajstić information content (AvgIpc) is 3.11. The Morgan fingerprint density at radius 3 is 2.54 bits per heavy atom. The van der Waals surface area contributed by atoms with Gasteiger partial charge in [0.15, 0.2) is 5.82 Å². The number of halogens is 2. The number of pyridine rings is 1. The minimum Gasteiger partial charge on any atom is -0.376 e. The van der Waals surface area contributed by atoms with Crippen molar-refractivity contribution in [2.24, 2.45) is 5.92 Å². The van der Waals surface area contributed by atoms with Crippen molar-refractivity contribution in [3.63, 3.8) is 0 Å². The van der Waals surface area contributed by atoms with E-state index in [4.69, 9.17) is 4.74 Å². The molecular formula is C20H15F2N5O. The van der Waals surface area contributed by atoms with Crippen molar-refractivity contribution in [3.8, 4) is 11.4 Å². The summed E-state index contributed by atoms with van der Waals surface area (Å²) in [7, 11) is 0. The van der Waals surface area contributed by atoms with Gasteiger partial charge in [-0.2, -0.15) is 4.39 Å². The van der Waals surface area contributed by atoms with Gasteiger partial charge in [-0.3, -0.25) is 0 Å². The maximum absolute atomic E-state index is 14.3. The molecule has 3 heterocycles. The molecule has 0 spiro atoms. The van der Waals surface area contributed by atoms with Gasteiger partial charge >= 0.3 is 0 Å². The second-order valence-corrected chi connectivity index (χ2v) is 6.57. The van der Waals surface area contributed by atoms with Gasteiger partial charge in [-0.05, 0) is 29.8 Å². The van der Waals surface area contributed by atoms with Crippen LogP contribution in [0.2, 0.25) is 0 Å². The van der Waals surface area contributed by atoms with E-state index in [0.29, 0.717) is 42.0 Å². The van der Waals surface area contributed by atoms with Crippen LogP contribution in [0.25, 0.3) is 11.4 Å². The summed E-state index contributed by atoms with van der Waals surface area (Å²) in [5, 5.41) is 6.35. The lowest BCUT2D eigenvalue weighted by Gasteiger charge is -2.11. The zero-order chi connectivity index (χ0) is 19.1. The van der Waals surface area contributed by atoms with Crippen molar-refractivity contribution in [2.45, 2.75) is 0 Å². The molecule has 1 atom stereocenters. The SMILES string of the molecule is Fc1ccc(Nc2cc(NC3=C4COC[C@H]43)nc(-c3ccccc3F)n2)cn1. The molecule has 3 aromatic rings. The van der Waals surface area contributed by atoms with Gasteiger partial charge in [0.1, 0.15) is 17.5 Å². The number of nitrogens with one attached hydrogen (secondary N) is 2. The number of benzene rings is 1. The number of anilines is 3.